The second kappa shape index (κ2) is 6.61. The highest BCUT2D eigenvalue weighted by molar-refractivity contribution is 7.14. The topological polar surface area (TPSA) is 146 Å². The second-order valence-corrected chi connectivity index (χ2v) is 4.54. The summed E-state index contributed by atoms with van der Waals surface area (Å²) in [6.07, 6.45) is -0.746. The number of hydrogen-bond donors (Lipinski definition) is 4. The normalized spacial score (nSPS) is 11.4. The van der Waals surface area contributed by atoms with Crippen molar-refractivity contribution in [2.75, 3.05) is 5.32 Å². The third-order valence-corrected chi connectivity index (χ3v) is 2.76. The van der Waals surface area contributed by atoms with Crippen LogP contribution in [-0.2, 0) is 14.4 Å². The number of carbonyl (C=O) groups is 4. The molecule has 1 aromatic rings. The number of amides is 2. The average Bonchev–Trinajstić information content (AvgIpc) is 2.74. The number of rotatable bonds is 6. The van der Waals surface area contributed by atoms with E-state index in [1.807, 2.05) is 5.32 Å². The van der Waals surface area contributed by atoms with E-state index in [1.54, 1.807) is 0 Å². The second-order valence-electron chi connectivity index (χ2n) is 3.68. The fourth-order valence-electron chi connectivity index (χ4n) is 1.19. The lowest BCUT2D eigenvalue weighted by Crippen LogP contribution is -2.42. The first-order valence-corrected chi connectivity index (χ1v) is 6.16. The molecule has 0 aliphatic carbocycles. The van der Waals surface area contributed by atoms with Gasteiger partial charge in [-0.25, -0.2) is 9.78 Å². The Hall–Kier alpha value is -2.49. The lowest BCUT2D eigenvalue weighted by Gasteiger charge is -2.10. The van der Waals surface area contributed by atoms with Crippen LogP contribution in [0.1, 0.15) is 23.8 Å². The van der Waals surface area contributed by atoms with Crippen LogP contribution in [0.15, 0.2) is 5.38 Å². The minimum atomic E-state index is -1.55. The van der Waals surface area contributed by atoms with E-state index in [-0.39, 0.29) is 16.7 Å². The van der Waals surface area contributed by atoms with Gasteiger partial charge < -0.3 is 20.8 Å². The molecule has 0 saturated heterocycles. The Morgan fingerprint density at radius 3 is 2.50 bits per heavy atom. The number of carboxylic acids is 2. The van der Waals surface area contributed by atoms with Crippen molar-refractivity contribution in [2.45, 2.75) is 19.4 Å². The summed E-state index contributed by atoms with van der Waals surface area (Å²) in [5, 5.41) is 23.2. The third kappa shape index (κ3) is 4.65. The first-order valence-electron chi connectivity index (χ1n) is 5.28. The Morgan fingerprint density at radius 1 is 1.35 bits per heavy atom. The molecule has 1 heterocycles. The fraction of sp³-hybridized carbons (Fsp3) is 0.300. The van der Waals surface area contributed by atoms with Gasteiger partial charge in [0.25, 0.3) is 5.91 Å². The minimum Gasteiger partial charge on any atom is -0.481 e. The Bertz CT molecular complexity index is 555. The van der Waals surface area contributed by atoms with E-state index < -0.39 is 30.3 Å². The molecule has 0 aliphatic rings. The van der Waals surface area contributed by atoms with Gasteiger partial charge in [-0.3, -0.25) is 14.4 Å². The van der Waals surface area contributed by atoms with Crippen molar-refractivity contribution in [2.24, 2.45) is 0 Å². The molecular formula is C10H11N3O6S. The standard InChI is InChI=1S/C10H11N3O6S/c1-4(14)11-10-13-6(3-20-10)8(17)12-5(9(18)19)2-7(15)16/h3,5H,2H2,1H3,(H,12,17)(H,15,16)(H,18,19)(H,11,13,14). The number of thiazole rings is 1. The zero-order valence-corrected chi connectivity index (χ0v) is 11.1. The summed E-state index contributed by atoms with van der Waals surface area (Å²) in [6, 6.07) is -1.55. The molecular weight excluding hydrogens is 290 g/mol. The molecule has 1 atom stereocenters. The monoisotopic (exact) mass is 301 g/mol. The third-order valence-electron chi connectivity index (χ3n) is 2.00. The van der Waals surface area contributed by atoms with Crippen molar-refractivity contribution >= 4 is 40.2 Å². The number of nitrogens with zero attached hydrogens (tertiary/aromatic N) is 1. The zero-order valence-electron chi connectivity index (χ0n) is 10.2. The number of anilines is 1. The maximum atomic E-state index is 11.7. The van der Waals surface area contributed by atoms with Gasteiger partial charge in [-0.15, -0.1) is 11.3 Å². The van der Waals surface area contributed by atoms with Crippen molar-refractivity contribution in [1.82, 2.24) is 10.3 Å². The summed E-state index contributed by atoms with van der Waals surface area (Å²) in [6.45, 7) is 1.27. The number of aromatic nitrogens is 1. The SMILES string of the molecule is CC(=O)Nc1nc(C(=O)NC(CC(=O)O)C(=O)O)cs1. The zero-order chi connectivity index (χ0) is 15.3. The molecule has 20 heavy (non-hydrogen) atoms. The Kier molecular flexibility index (Phi) is 5.15. The van der Waals surface area contributed by atoms with Gasteiger partial charge in [-0.05, 0) is 0 Å². The molecule has 0 saturated carbocycles. The molecule has 9 nitrogen and oxygen atoms in total. The van der Waals surface area contributed by atoms with Gasteiger partial charge in [-0.1, -0.05) is 0 Å². The van der Waals surface area contributed by atoms with Crippen molar-refractivity contribution < 1.29 is 29.4 Å². The maximum Gasteiger partial charge on any atom is 0.326 e. The van der Waals surface area contributed by atoms with Crippen LogP contribution in [0.3, 0.4) is 0 Å². The Balaban J connectivity index is 2.73. The van der Waals surface area contributed by atoms with Crippen LogP contribution in [0, 0.1) is 0 Å². The van der Waals surface area contributed by atoms with Crippen molar-refractivity contribution in [3.8, 4) is 0 Å². The summed E-state index contributed by atoms with van der Waals surface area (Å²) < 4.78 is 0. The van der Waals surface area contributed by atoms with Crippen molar-refractivity contribution in [3.63, 3.8) is 0 Å². The molecule has 0 radical (unpaired) electrons. The smallest absolute Gasteiger partial charge is 0.326 e. The molecule has 0 fully saturated rings. The highest BCUT2D eigenvalue weighted by Gasteiger charge is 2.24. The fourth-order valence-corrected chi connectivity index (χ4v) is 1.93. The van der Waals surface area contributed by atoms with Crippen molar-refractivity contribution in [3.05, 3.63) is 11.1 Å². The van der Waals surface area contributed by atoms with Crippen LogP contribution >= 0.6 is 11.3 Å². The largest absolute Gasteiger partial charge is 0.481 e. The summed E-state index contributed by atoms with van der Waals surface area (Å²) in [5.41, 5.74) is -0.101. The molecule has 1 rings (SSSR count). The van der Waals surface area contributed by atoms with E-state index in [0.717, 1.165) is 11.3 Å². The number of aliphatic carboxylic acids is 2. The molecule has 10 heteroatoms. The average molecular weight is 301 g/mol. The van der Waals surface area contributed by atoms with E-state index in [1.165, 1.54) is 12.3 Å². The number of hydrogen-bond acceptors (Lipinski definition) is 6. The molecule has 1 unspecified atom stereocenters. The number of nitrogens with one attached hydrogen (secondary N) is 2. The first kappa shape index (κ1) is 15.6. The molecule has 2 amide bonds. The Morgan fingerprint density at radius 2 is 2.00 bits per heavy atom. The first-order chi connectivity index (χ1) is 9.29. The van der Waals surface area contributed by atoms with Gasteiger partial charge >= 0.3 is 11.9 Å². The van der Waals surface area contributed by atoms with Crippen LogP contribution in [0.2, 0.25) is 0 Å². The van der Waals surface area contributed by atoms with Crippen LogP contribution < -0.4 is 10.6 Å². The molecule has 108 valence electrons. The Labute approximate surface area is 116 Å². The van der Waals surface area contributed by atoms with Gasteiger partial charge in [0, 0.05) is 12.3 Å². The van der Waals surface area contributed by atoms with Crippen molar-refractivity contribution in [1.29, 1.82) is 0 Å². The van der Waals surface area contributed by atoms with Gasteiger partial charge in [0.2, 0.25) is 5.91 Å². The van der Waals surface area contributed by atoms with Crippen LogP contribution in [-0.4, -0.2) is 45.0 Å². The van der Waals surface area contributed by atoms with E-state index in [4.69, 9.17) is 10.2 Å². The van der Waals surface area contributed by atoms with Crippen LogP contribution in [0.5, 0.6) is 0 Å². The predicted octanol–water partition coefficient (Wildman–Crippen LogP) is -0.241. The van der Waals surface area contributed by atoms with Crippen LogP contribution in [0.25, 0.3) is 0 Å². The molecule has 0 bridgehead atoms. The lowest BCUT2D eigenvalue weighted by molar-refractivity contribution is -0.145. The lowest BCUT2D eigenvalue weighted by atomic mass is 10.2. The van der Waals surface area contributed by atoms with Gasteiger partial charge in [-0.2, -0.15) is 0 Å². The summed E-state index contributed by atoms with van der Waals surface area (Å²) in [7, 11) is 0. The van der Waals surface area contributed by atoms with Gasteiger partial charge in [0.05, 0.1) is 6.42 Å². The molecule has 0 aromatic carbocycles. The van der Waals surface area contributed by atoms with Gasteiger partial charge in [0.15, 0.2) is 5.13 Å². The molecule has 4 N–H and O–H groups in total. The highest BCUT2D eigenvalue weighted by Crippen LogP contribution is 2.15. The number of carbonyl (C=O) groups excluding carboxylic acids is 2. The van der Waals surface area contributed by atoms with E-state index in [9.17, 15) is 19.2 Å². The van der Waals surface area contributed by atoms with Crippen LogP contribution in [0.4, 0.5) is 5.13 Å². The highest BCUT2D eigenvalue weighted by atomic mass is 32.1. The summed E-state index contributed by atoms with van der Waals surface area (Å²) >= 11 is 0.988. The molecule has 1 aromatic heterocycles. The quantitative estimate of drug-likeness (QED) is 0.567. The maximum absolute atomic E-state index is 11.7. The van der Waals surface area contributed by atoms with E-state index in [0.29, 0.717) is 0 Å². The number of carboxylic acid groups (broad SMARTS) is 2. The van der Waals surface area contributed by atoms with Gasteiger partial charge in [0.1, 0.15) is 11.7 Å². The van der Waals surface area contributed by atoms with E-state index >= 15 is 0 Å². The molecule has 0 aliphatic heterocycles. The predicted molar refractivity (Wildman–Crippen MR) is 67.6 cm³/mol. The summed E-state index contributed by atoms with van der Waals surface area (Å²) in [5.74, 6) is -4.00. The molecule has 0 spiro atoms. The summed E-state index contributed by atoms with van der Waals surface area (Å²) in [4.78, 5) is 47.6. The van der Waals surface area contributed by atoms with E-state index in [2.05, 4.69) is 10.3 Å². The minimum absolute atomic E-state index is 0.101.